The van der Waals surface area contributed by atoms with Gasteiger partial charge in [-0.3, -0.25) is 4.79 Å². The minimum absolute atomic E-state index is 0.698. The van der Waals surface area contributed by atoms with Crippen molar-refractivity contribution in [2.75, 3.05) is 25.0 Å². The lowest BCUT2D eigenvalue weighted by molar-refractivity contribution is -0.107. The highest BCUT2D eigenvalue weighted by Gasteiger charge is 2.01. The van der Waals surface area contributed by atoms with E-state index in [1.54, 1.807) is 4.90 Å². The van der Waals surface area contributed by atoms with Crippen LogP contribution in [0.2, 0.25) is 0 Å². The van der Waals surface area contributed by atoms with Crippen LogP contribution in [0.5, 0.6) is 0 Å². The lowest BCUT2D eigenvalue weighted by Crippen LogP contribution is -2.29. The van der Waals surface area contributed by atoms with Gasteiger partial charge in [-0.2, -0.15) is 0 Å². The Labute approximate surface area is 78.4 Å². The van der Waals surface area contributed by atoms with Crippen molar-refractivity contribution in [2.45, 2.75) is 0 Å². The number of nitrogens with zero attached hydrogens (tertiary/aromatic N) is 1. The summed E-state index contributed by atoms with van der Waals surface area (Å²) in [6.45, 7) is 1.50. The van der Waals surface area contributed by atoms with Gasteiger partial charge in [0.15, 0.2) is 0 Å². The molecule has 0 bridgehead atoms. The summed E-state index contributed by atoms with van der Waals surface area (Å²) in [6.07, 6.45) is 0.854. The molecule has 1 aromatic carbocycles. The van der Waals surface area contributed by atoms with Gasteiger partial charge in [0.05, 0.1) is 0 Å². The molecular weight excluding hydrogens is 164 g/mol. The number of amides is 1. The molecule has 1 amide bonds. The molecule has 70 valence electrons. The molecule has 0 spiro atoms. The summed E-state index contributed by atoms with van der Waals surface area (Å²) in [5, 5.41) is 3.00. The van der Waals surface area contributed by atoms with Gasteiger partial charge in [0.2, 0.25) is 6.41 Å². The molecule has 3 heteroatoms. The predicted octanol–water partition coefficient (Wildman–Crippen LogP) is 0.869. The highest BCUT2D eigenvalue weighted by atomic mass is 16.1. The molecule has 0 aliphatic rings. The molecule has 1 N–H and O–H groups in total. The van der Waals surface area contributed by atoms with E-state index in [1.165, 1.54) is 0 Å². The number of likely N-dealkylation sites (N-methyl/N-ethyl adjacent to an activating group) is 1. The second-order valence-electron chi connectivity index (χ2n) is 2.74. The first-order chi connectivity index (χ1) is 6.38. The molecule has 0 aliphatic carbocycles. The molecule has 3 nitrogen and oxygen atoms in total. The zero-order valence-electron chi connectivity index (χ0n) is 7.73. The summed E-state index contributed by atoms with van der Waals surface area (Å²) in [5.41, 5.74) is 0.938. The van der Waals surface area contributed by atoms with Gasteiger partial charge in [0.1, 0.15) is 0 Å². The Kier molecular flexibility index (Phi) is 3.99. The van der Waals surface area contributed by atoms with Crippen molar-refractivity contribution in [3.05, 3.63) is 30.3 Å². The minimum Gasteiger partial charge on any atom is -0.318 e. The Morgan fingerprint density at radius 3 is 2.62 bits per heavy atom. The van der Waals surface area contributed by atoms with E-state index < -0.39 is 0 Å². The summed E-state index contributed by atoms with van der Waals surface area (Å²) in [6, 6.07) is 9.62. The Morgan fingerprint density at radius 2 is 2.08 bits per heavy atom. The smallest absolute Gasteiger partial charge is 0.214 e. The van der Waals surface area contributed by atoms with Crippen molar-refractivity contribution in [2.24, 2.45) is 0 Å². The van der Waals surface area contributed by atoms with E-state index in [2.05, 4.69) is 5.32 Å². The molecule has 1 aromatic rings. The molecule has 13 heavy (non-hydrogen) atoms. The SMILES string of the molecule is CNCCN(C=O)c1ccccc1. The largest absolute Gasteiger partial charge is 0.318 e. The number of carbonyl (C=O) groups excluding carboxylic acids is 1. The van der Waals surface area contributed by atoms with Gasteiger partial charge in [-0.25, -0.2) is 0 Å². The Morgan fingerprint density at radius 1 is 1.38 bits per heavy atom. The highest BCUT2D eigenvalue weighted by molar-refractivity contribution is 5.74. The monoisotopic (exact) mass is 178 g/mol. The van der Waals surface area contributed by atoms with Crippen LogP contribution in [0.15, 0.2) is 30.3 Å². The van der Waals surface area contributed by atoms with E-state index in [4.69, 9.17) is 0 Å². The predicted molar refractivity (Wildman–Crippen MR) is 53.8 cm³/mol. The van der Waals surface area contributed by atoms with Crippen molar-refractivity contribution in [1.82, 2.24) is 5.32 Å². The maximum Gasteiger partial charge on any atom is 0.214 e. The molecule has 0 saturated heterocycles. The Bertz CT molecular complexity index is 248. The molecule has 1 rings (SSSR count). The van der Waals surface area contributed by atoms with Gasteiger partial charge in [0.25, 0.3) is 0 Å². The number of nitrogens with one attached hydrogen (secondary N) is 1. The van der Waals surface area contributed by atoms with Crippen LogP contribution in [0.25, 0.3) is 0 Å². The number of rotatable bonds is 5. The van der Waals surface area contributed by atoms with E-state index in [1.807, 2.05) is 37.4 Å². The third kappa shape index (κ3) is 2.87. The number of benzene rings is 1. The van der Waals surface area contributed by atoms with Gasteiger partial charge >= 0.3 is 0 Å². The van der Waals surface area contributed by atoms with Crippen LogP contribution in [0.4, 0.5) is 5.69 Å². The zero-order chi connectivity index (χ0) is 9.52. The van der Waals surface area contributed by atoms with Crippen molar-refractivity contribution in [3.8, 4) is 0 Å². The lowest BCUT2D eigenvalue weighted by atomic mass is 10.3. The van der Waals surface area contributed by atoms with Crippen LogP contribution < -0.4 is 10.2 Å². The molecule has 0 saturated carbocycles. The first kappa shape index (κ1) is 9.74. The molecule has 0 aliphatic heterocycles. The second-order valence-corrected chi connectivity index (χ2v) is 2.74. The maximum absolute atomic E-state index is 10.7. The van der Waals surface area contributed by atoms with Crippen molar-refractivity contribution < 1.29 is 4.79 Å². The third-order valence-corrected chi connectivity index (χ3v) is 1.82. The summed E-state index contributed by atoms with van der Waals surface area (Å²) < 4.78 is 0. The molecular formula is C10H14N2O. The van der Waals surface area contributed by atoms with Crippen LogP contribution in [0, 0.1) is 0 Å². The topological polar surface area (TPSA) is 32.3 Å². The van der Waals surface area contributed by atoms with E-state index in [0.717, 1.165) is 18.6 Å². The van der Waals surface area contributed by atoms with Crippen LogP contribution in [0.3, 0.4) is 0 Å². The van der Waals surface area contributed by atoms with Gasteiger partial charge in [-0.1, -0.05) is 18.2 Å². The lowest BCUT2D eigenvalue weighted by Gasteiger charge is -2.16. The number of hydrogen-bond donors (Lipinski definition) is 1. The molecule has 0 unspecified atom stereocenters. The molecule has 0 radical (unpaired) electrons. The fourth-order valence-electron chi connectivity index (χ4n) is 1.09. The fourth-order valence-corrected chi connectivity index (χ4v) is 1.09. The van der Waals surface area contributed by atoms with Gasteiger partial charge in [0, 0.05) is 18.8 Å². The van der Waals surface area contributed by atoms with Gasteiger partial charge in [-0.05, 0) is 19.2 Å². The number of anilines is 1. The minimum atomic E-state index is 0.698. The summed E-state index contributed by atoms with van der Waals surface area (Å²) in [4.78, 5) is 12.4. The van der Waals surface area contributed by atoms with Crippen molar-refractivity contribution >= 4 is 12.1 Å². The highest BCUT2D eigenvalue weighted by Crippen LogP contribution is 2.09. The van der Waals surface area contributed by atoms with Crippen LogP contribution in [-0.2, 0) is 4.79 Å². The van der Waals surface area contributed by atoms with Crippen LogP contribution in [0.1, 0.15) is 0 Å². The van der Waals surface area contributed by atoms with E-state index in [-0.39, 0.29) is 0 Å². The van der Waals surface area contributed by atoms with E-state index in [9.17, 15) is 4.79 Å². The average Bonchev–Trinajstić information content (AvgIpc) is 2.21. The first-order valence-electron chi connectivity index (χ1n) is 4.30. The summed E-state index contributed by atoms with van der Waals surface area (Å²) >= 11 is 0. The second kappa shape index (κ2) is 5.32. The van der Waals surface area contributed by atoms with Crippen LogP contribution >= 0.6 is 0 Å². The molecule has 0 atom stereocenters. The molecule has 0 aromatic heterocycles. The maximum atomic E-state index is 10.7. The normalized spacial score (nSPS) is 9.62. The number of carbonyl (C=O) groups is 1. The van der Waals surface area contributed by atoms with Crippen LogP contribution in [-0.4, -0.2) is 26.5 Å². The third-order valence-electron chi connectivity index (χ3n) is 1.82. The molecule has 0 heterocycles. The number of hydrogen-bond acceptors (Lipinski definition) is 2. The van der Waals surface area contributed by atoms with Crippen molar-refractivity contribution in [1.29, 1.82) is 0 Å². The average molecular weight is 178 g/mol. The van der Waals surface area contributed by atoms with E-state index >= 15 is 0 Å². The molecule has 0 fully saturated rings. The number of para-hydroxylation sites is 1. The summed E-state index contributed by atoms with van der Waals surface area (Å²) in [7, 11) is 1.87. The zero-order valence-corrected chi connectivity index (χ0v) is 7.73. The van der Waals surface area contributed by atoms with Crippen molar-refractivity contribution in [3.63, 3.8) is 0 Å². The first-order valence-corrected chi connectivity index (χ1v) is 4.30. The fraction of sp³-hybridized carbons (Fsp3) is 0.300. The van der Waals surface area contributed by atoms with E-state index in [0.29, 0.717) is 6.54 Å². The van der Waals surface area contributed by atoms with Gasteiger partial charge in [-0.15, -0.1) is 0 Å². The standard InChI is InChI=1S/C10H14N2O/c1-11-7-8-12(9-13)10-5-3-2-4-6-10/h2-6,9,11H,7-8H2,1H3. The quantitative estimate of drug-likeness (QED) is 0.678. The summed E-state index contributed by atoms with van der Waals surface area (Å²) in [5.74, 6) is 0. The Hall–Kier alpha value is -1.35. The Balaban J connectivity index is 2.61. The van der Waals surface area contributed by atoms with Gasteiger partial charge < -0.3 is 10.2 Å².